The summed E-state index contributed by atoms with van der Waals surface area (Å²) in [5.74, 6) is 0.174. The fraction of sp³-hybridized carbons (Fsp3) is 0.533. The molecule has 0 spiro atoms. The zero-order valence-electron chi connectivity index (χ0n) is 11.6. The molecule has 0 aromatic heterocycles. The van der Waals surface area contributed by atoms with Crippen LogP contribution in [0.5, 0.6) is 0 Å². The number of rotatable bonds is 8. The first-order chi connectivity index (χ1) is 8.67. The van der Waals surface area contributed by atoms with Gasteiger partial charge in [0, 0.05) is 18.7 Å². The minimum absolute atomic E-state index is 0.174. The lowest BCUT2D eigenvalue weighted by Crippen LogP contribution is -2.32. The average Bonchev–Trinajstić information content (AvgIpc) is 2.38. The van der Waals surface area contributed by atoms with Crippen LogP contribution in [0, 0.1) is 6.92 Å². The molecule has 1 aromatic carbocycles. The van der Waals surface area contributed by atoms with Crippen LogP contribution in [0.1, 0.15) is 29.8 Å². The van der Waals surface area contributed by atoms with Gasteiger partial charge in [-0.25, -0.2) is 0 Å². The highest BCUT2D eigenvalue weighted by Crippen LogP contribution is 2.05. The fourth-order valence-electron chi connectivity index (χ4n) is 1.72. The number of ether oxygens (including phenoxy) is 1. The monoisotopic (exact) mass is 249 g/mol. The summed E-state index contributed by atoms with van der Waals surface area (Å²) >= 11 is 0. The maximum Gasteiger partial charge on any atom is 0.176 e. The van der Waals surface area contributed by atoms with Gasteiger partial charge in [-0.15, -0.1) is 0 Å². The van der Waals surface area contributed by atoms with E-state index < -0.39 is 0 Å². The summed E-state index contributed by atoms with van der Waals surface area (Å²) < 4.78 is 5.32. The van der Waals surface area contributed by atoms with Gasteiger partial charge in [-0.1, -0.05) is 36.8 Å². The molecule has 0 radical (unpaired) electrons. The molecule has 18 heavy (non-hydrogen) atoms. The molecule has 0 N–H and O–H groups in total. The predicted molar refractivity (Wildman–Crippen MR) is 74.1 cm³/mol. The van der Waals surface area contributed by atoms with Gasteiger partial charge in [-0.3, -0.25) is 9.69 Å². The molecule has 1 rings (SSSR count). The summed E-state index contributed by atoms with van der Waals surface area (Å²) in [6.07, 6.45) is 0. The Morgan fingerprint density at radius 1 is 1.22 bits per heavy atom. The Kier molecular flexibility index (Phi) is 6.61. The molecule has 0 fully saturated rings. The third-order valence-corrected chi connectivity index (χ3v) is 2.94. The Morgan fingerprint density at radius 3 is 2.44 bits per heavy atom. The Bertz CT molecular complexity index is 359. The molecule has 3 nitrogen and oxygen atoms in total. The van der Waals surface area contributed by atoms with Crippen molar-refractivity contribution in [3.05, 3.63) is 35.4 Å². The molecule has 0 unspecified atom stereocenters. The Hall–Kier alpha value is -1.19. The lowest BCUT2D eigenvalue weighted by Gasteiger charge is -2.19. The van der Waals surface area contributed by atoms with E-state index in [4.69, 9.17) is 4.74 Å². The van der Waals surface area contributed by atoms with Crippen LogP contribution in [0.25, 0.3) is 0 Å². The van der Waals surface area contributed by atoms with Crippen LogP contribution in [-0.4, -0.2) is 43.5 Å². The number of aryl methyl sites for hydroxylation is 1. The minimum Gasteiger partial charge on any atom is -0.380 e. The number of nitrogens with zero attached hydrogens (tertiary/aromatic N) is 1. The highest BCUT2D eigenvalue weighted by atomic mass is 16.5. The van der Waals surface area contributed by atoms with Crippen molar-refractivity contribution in [1.82, 2.24) is 4.90 Å². The van der Waals surface area contributed by atoms with Gasteiger partial charge in [0.05, 0.1) is 13.2 Å². The third-order valence-electron chi connectivity index (χ3n) is 2.94. The quantitative estimate of drug-likeness (QED) is 0.524. The van der Waals surface area contributed by atoms with E-state index in [1.807, 2.05) is 38.1 Å². The maximum atomic E-state index is 12.1. The first kappa shape index (κ1) is 14.9. The molecule has 0 aliphatic carbocycles. The van der Waals surface area contributed by atoms with E-state index in [1.165, 1.54) is 5.56 Å². The second-order valence-electron chi connectivity index (χ2n) is 4.35. The number of hydrogen-bond acceptors (Lipinski definition) is 3. The lowest BCUT2D eigenvalue weighted by molar-refractivity contribution is 0.0867. The van der Waals surface area contributed by atoms with E-state index in [9.17, 15) is 4.79 Å². The number of hydrogen-bond donors (Lipinski definition) is 0. The van der Waals surface area contributed by atoms with E-state index >= 15 is 0 Å². The number of benzene rings is 1. The molecule has 0 atom stereocenters. The predicted octanol–water partition coefficient (Wildman–Crippen LogP) is 2.54. The van der Waals surface area contributed by atoms with Crippen LogP contribution in [0.4, 0.5) is 0 Å². The van der Waals surface area contributed by atoms with Crippen LogP contribution in [0.2, 0.25) is 0 Å². The van der Waals surface area contributed by atoms with Crippen molar-refractivity contribution in [3.63, 3.8) is 0 Å². The second-order valence-corrected chi connectivity index (χ2v) is 4.35. The molecular formula is C15H23NO2. The largest absolute Gasteiger partial charge is 0.380 e. The lowest BCUT2D eigenvalue weighted by atomic mass is 10.1. The Balaban J connectivity index is 2.48. The van der Waals surface area contributed by atoms with Gasteiger partial charge in [-0.05, 0) is 20.4 Å². The van der Waals surface area contributed by atoms with Gasteiger partial charge in [0.2, 0.25) is 0 Å². The van der Waals surface area contributed by atoms with E-state index in [0.29, 0.717) is 13.2 Å². The molecule has 0 heterocycles. The van der Waals surface area contributed by atoms with Crippen LogP contribution in [0.3, 0.4) is 0 Å². The van der Waals surface area contributed by atoms with Crippen molar-refractivity contribution < 1.29 is 9.53 Å². The molecule has 0 saturated heterocycles. The van der Waals surface area contributed by atoms with Gasteiger partial charge in [0.1, 0.15) is 0 Å². The summed E-state index contributed by atoms with van der Waals surface area (Å²) in [6.45, 7) is 9.62. The fourth-order valence-corrected chi connectivity index (χ4v) is 1.72. The summed E-state index contributed by atoms with van der Waals surface area (Å²) in [6, 6.07) is 7.75. The number of Topliss-reactive ketones (excluding diaryl/α,β-unsaturated/α-hetero) is 1. The van der Waals surface area contributed by atoms with Crippen LogP contribution >= 0.6 is 0 Å². The van der Waals surface area contributed by atoms with Crippen molar-refractivity contribution in [3.8, 4) is 0 Å². The second kappa shape index (κ2) is 8.01. The Labute approximate surface area is 110 Å². The Morgan fingerprint density at radius 2 is 1.89 bits per heavy atom. The van der Waals surface area contributed by atoms with Crippen molar-refractivity contribution >= 4 is 5.78 Å². The minimum atomic E-state index is 0.174. The number of carbonyl (C=O) groups is 1. The molecule has 0 aliphatic heterocycles. The summed E-state index contributed by atoms with van der Waals surface area (Å²) in [4.78, 5) is 14.2. The summed E-state index contributed by atoms with van der Waals surface area (Å²) in [5, 5.41) is 0. The molecule has 3 heteroatoms. The highest BCUT2D eigenvalue weighted by Gasteiger charge is 2.10. The molecule has 0 saturated carbocycles. The third kappa shape index (κ3) is 4.98. The molecule has 0 bridgehead atoms. The smallest absolute Gasteiger partial charge is 0.176 e. The van der Waals surface area contributed by atoms with E-state index in [-0.39, 0.29) is 5.78 Å². The topological polar surface area (TPSA) is 29.5 Å². The van der Waals surface area contributed by atoms with E-state index in [0.717, 1.165) is 25.3 Å². The zero-order chi connectivity index (χ0) is 13.4. The summed E-state index contributed by atoms with van der Waals surface area (Å²) in [7, 11) is 0. The first-order valence-electron chi connectivity index (χ1n) is 6.57. The van der Waals surface area contributed by atoms with Crippen molar-refractivity contribution in [2.45, 2.75) is 20.8 Å². The van der Waals surface area contributed by atoms with Gasteiger partial charge in [0.25, 0.3) is 0 Å². The number of carbonyl (C=O) groups excluding carboxylic acids is 1. The van der Waals surface area contributed by atoms with Gasteiger partial charge in [-0.2, -0.15) is 0 Å². The zero-order valence-corrected chi connectivity index (χ0v) is 11.6. The molecule has 0 aliphatic rings. The van der Waals surface area contributed by atoms with Crippen LogP contribution in [0.15, 0.2) is 24.3 Å². The van der Waals surface area contributed by atoms with Crippen LogP contribution in [-0.2, 0) is 4.74 Å². The highest BCUT2D eigenvalue weighted by molar-refractivity contribution is 5.97. The molecule has 1 aromatic rings. The molecule has 100 valence electrons. The van der Waals surface area contributed by atoms with Crippen molar-refractivity contribution in [1.29, 1.82) is 0 Å². The molecular weight excluding hydrogens is 226 g/mol. The SMILES string of the molecule is CCOCCN(CC)CC(=O)c1ccc(C)cc1. The van der Waals surface area contributed by atoms with Crippen LogP contribution < -0.4 is 0 Å². The number of ketones is 1. The molecule has 0 amide bonds. The van der Waals surface area contributed by atoms with Crippen molar-refractivity contribution in [2.75, 3.05) is 32.8 Å². The summed E-state index contributed by atoms with van der Waals surface area (Å²) in [5.41, 5.74) is 1.96. The first-order valence-corrected chi connectivity index (χ1v) is 6.57. The van der Waals surface area contributed by atoms with E-state index in [1.54, 1.807) is 0 Å². The normalized spacial score (nSPS) is 10.9. The van der Waals surface area contributed by atoms with Gasteiger partial charge in [0.15, 0.2) is 5.78 Å². The number of likely N-dealkylation sites (N-methyl/N-ethyl adjacent to an activating group) is 1. The van der Waals surface area contributed by atoms with E-state index in [2.05, 4.69) is 11.8 Å². The standard InChI is InChI=1S/C15H23NO2/c1-4-16(10-11-18-5-2)12-15(17)14-8-6-13(3)7-9-14/h6-9H,4-5,10-12H2,1-3H3. The average molecular weight is 249 g/mol. The van der Waals surface area contributed by atoms with Crippen molar-refractivity contribution in [2.24, 2.45) is 0 Å². The van der Waals surface area contributed by atoms with Gasteiger partial charge >= 0.3 is 0 Å². The maximum absolute atomic E-state index is 12.1. The van der Waals surface area contributed by atoms with Gasteiger partial charge < -0.3 is 4.74 Å².